The second-order valence-corrected chi connectivity index (χ2v) is 10.5. The molecule has 202 valence electrons. The van der Waals surface area contributed by atoms with Gasteiger partial charge >= 0.3 is 0 Å². The molecule has 1 aromatic carbocycles. The van der Waals surface area contributed by atoms with Gasteiger partial charge in [0.1, 0.15) is 23.4 Å². The van der Waals surface area contributed by atoms with Crippen molar-refractivity contribution in [2.45, 2.75) is 39.0 Å². The molecule has 2 unspecified atom stereocenters. The van der Waals surface area contributed by atoms with Crippen LogP contribution in [0.1, 0.15) is 54.2 Å². The summed E-state index contributed by atoms with van der Waals surface area (Å²) >= 11 is 12.5. The molecule has 0 saturated carbocycles. The first-order valence-corrected chi connectivity index (χ1v) is 13.3. The number of aromatic amines is 1. The Hall–Kier alpha value is -3.53. The Bertz CT molecular complexity index is 1510. The van der Waals surface area contributed by atoms with Crippen LogP contribution in [0.15, 0.2) is 48.9 Å². The molecule has 1 fully saturated rings. The molecule has 8 nitrogen and oxygen atoms in total. The first kappa shape index (κ1) is 27.1. The number of fused-ring (bicyclic) bond motifs is 1. The Morgan fingerprint density at radius 3 is 2.51 bits per heavy atom. The maximum Gasteiger partial charge on any atom is 0.272 e. The van der Waals surface area contributed by atoms with Gasteiger partial charge in [0.05, 0.1) is 21.3 Å². The van der Waals surface area contributed by atoms with Gasteiger partial charge in [0.25, 0.3) is 5.91 Å². The molecule has 1 aliphatic rings. The number of ether oxygens (including phenoxy) is 1. The van der Waals surface area contributed by atoms with E-state index in [0.29, 0.717) is 51.0 Å². The van der Waals surface area contributed by atoms with E-state index in [-0.39, 0.29) is 29.2 Å². The van der Waals surface area contributed by atoms with Crippen molar-refractivity contribution in [2.75, 3.05) is 13.1 Å². The van der Waals surface area contributed by atoms with Crippen molar-refractivity contribution < 1.29 is 13.9 Å². The minimum atomic E-state index is -0.522. The molecule has 5 rings (SSSR count). The van der Waals surface area contributed by atoms with Gasteiger partial charge in [-0.2, -0.15) is 5.10 Å². The van der Waals surface area contributed by atoms with Crippen LogP contribution in [0.2, 0.25) is 10.0 Å². The molecule has 1 saturated heterocycles. The van der Waals surface area contributed by atoms with Gasteiger partial charge in [-0.3, -0.25) is 19.9 Å². The summed E-state index contributed by atoms with van der Waals surface area (Å²) in [4.78, 5) is 22.9. The van der Waals surface area contributed by atoms with Crippen molar-refractivity contribution in [3.05, 3.63) is 81.5 Å². The predicted octanol–water partition coefficient (Wildman–Crippen LogP) is 6.09. The van der Waals surface area contributed by atoms with E-state index in [1.807, 2.05) is 20.8 Å². The summed E-state index contributed by atoms with van der Waals surface area (Å²) in [6.45, 7) is 7.10. The number of pyridine rings is 2. The van der Waals surface area contributed by atoms with Gasteiger partial charge in [0.15, 0.2) is 0 Å². The van der Waals surface area contributed by atoms with Crippen molar-refractivity contribution in [1.82, 2.24) is 30.4 Å². The van der Waals surface area contributed by atoms with E-state index in [0.717, 1.165) is 0 Å². The van der Waals surface area contributed by atoms with Crippen LogP contribution >= 0.6 is 23.2 Å². The zero-order valence-corrected chi connectivity index (χ0v) is 23.1. The highest BCUT2D eigenvalue weighted by Crippen LogP contribution is 2.34. The Morgan fingerprint density at radius 2 is 1.85 bits per heavy atom. The van der Waals surface area contributed by atoms with Crippen LogP contribution in [-0.2, 0) is 0 Å². The van der Waals surface area contributed by atoms with Crippen LogP contribution < -0.4 is 10.1 Å². The molecule has 4 heterocycles. The number of piperazine rings is 1. The van der Waals surface area contributed by atoms with Gasteiger partial charge in [0.2, 0.25) is 0 Å². The molecule has 0 bridgehead atoms. The SMILES string of the molecule is CC1CN(C(=O)c2ccc(/C(F)=C/c3[nH]nc4ccc(O[C@H](C)c5c(Cl)cncc5Cl)cc34)cn2)CC(C)N1. The summed E-state index contributed by atoms with van der Waals surface area (Å²) < 4.78 is 21.3. The fourth-order valence-corrected chi connectivity index (χ4v) is 5.46. The molecule has 4 aromatic rings. The van der Waals surface area contributed by atoms with Crippen molar-refractivity contribution in [2.24, 2.45) is 0 Å². The lowest BCUT2D eigenvalue weighted by atomic mass is 10.1. The molecule has 39 heavy (non-hydrogen) atoms. The number of hydrogen-bond acceptors (Lipinski definition) is 6. The third-order valence-electron chi connectivity index (χ3n) is 6.54. The van der Waals surface area contributed by atoms with Crippen LogP contribution in [0.25, 0.3) is 22.8 Å². The molecular formula is C28H27Cl2FN6O2. The Balaban J connectivity index is 1.34. The highest BCUT2D eigenvalue weighted by Gasteiger charge is 2.26. The molecule has 0 spiro atoms. The van der Waals surface area contributed by atoms with Crippen molar-refractivity contribution in [1.29, 1.82) is 0 Å². The maximum absolute atomic E-state index is 15.2. The number of halogens is 3. The minimum absolute atomic E-state index is 0.165. The van der Waals surface area contributed by atoms with Gasteiger partial charge in [-0.25, -0.2) is 4.39 Å². The lowest BCUT2D eigenvalue weighted by molar-refractivity contribution is 0.0668. The lowest BCUT2D eigenvalue weighted by Crippen LogP contribution is -2.55. The molecular weight excluding hydrogens is 542 g/mol. The first-order chi connectivity index (χ1) is 18.7. The van der Waals surface area contributed by atoms with Crippen molar-refractivity contribution in [3.8, 4) is 5.75 Å². The number of aromatic nitrogens is 4. The van der Waals surface area contributed by atoms with Crippen molar-refractivity contribution in [3.63, 3.8) is 0 Å². The topological polar surface area (TPSA) is 96.0 Å². The molecule has 2 N–H and O–H groups in total. The van der Waals surface area contributed by atoms with Crippen molar-refractivity contribution >= 4 is 51.9 Å². The summed E-state index contributed by atoms with van der Waals surface area (Å²) in [5.74, 6) is -0.148. The summed E-state index contributed by atoms with van der Waals surface area (Å²) in [7, 11) is 0. The molecule has 0 aliphatic carbocycles. The van der Waals surface area contributed by atoms with Crippen LogP contribution in [0.3, 0.4) is 0 Å². The molecule has 11 heteroatoms. The van der Waals surface area contributed by atoms with Gasteiger partial charge in [-0.05, 0) is 51.1 Å². The van der Waals surface area contributed by atoms with Crippen LogP contribution in [-0.4, -0.2) is 56.1 Å². The molecule has 3 atom stereocenters. The average Bonchev–Trinajstić information content (AvgIpc) is 3.29. The van der Waals surface area contributed by atoms with E-state index in [1.165, 1.54) is 24.7 Å². The fraction of sp³-hybridized carbons (Fsp3) is 0.286. The summed E-state index contributed by atoms with van der Waals surface area (Å²) in [5, 5.41) is 12.0. The smallest absolute Gasteiger partial charge is 0.272 e. The zero-order valence-electron chi connectivity index (χ0n) is 21.6. The monoisotopic (exact) mass is 568 g/mol. The third-order valence-corrected chi connectivity index (χ3v) is 7.14. The van der Waals surface area contributed by atoms with E-state index in [4.69, 9.17) is 27.9 Å². The highest BCUT2D eigenvalue weighted by atomic mass is 35.5. The Morgan fingerprint density at radius 1 is 1.13 bits per heavy atom. The largest absolute Gasteiger partial charge is 0.486 e. The number of H-pyrrole nitrogens is 1. The number of amides is 1. The normalized spacial score (nSPS) is 18.8. The molecule has 0 radical (unpaired) electrons. The number of carbonyl (C=O) groups excluding carboxylic acids is 1. The number of rotatable bonds is 6. The van der Waals surface area contributed by atoms with Crippen LogP contribution in [0.4, 0.5) is 4.39 Å². The number of hydrogen-bond donors (Lipinski definition) is 2. The van der Waals surface area contributed by atoms with Crippen LogP contribution in [0, 0.1) is 0 Å². The second kappa shape index (κ2) is 11.3. The van der Waals surface area contributed by atoms with Gasteiger partial charge in [0, 0.05) is 66.4 Å². The standard InChI is InChI=1S/C28H27Cl2FN6O2/c1-15-13-37(14-16(2)34-15)28(38)25-6-4-18(10-33-25)23(31)9-26-20-8-19(5-7-24(20)35-36-26)39-17(3)27-21(29)11-32-12-22(27)30/h4-12,15-17,34H,13-14H2,1-3H3,(H,35,36)/b23-9-/t15?,16?,17-/m1/s1. The molecule has 1 amide bonds. The number of nitrogens with one attached hydrogen (secondary N) is 2. The first-order valence-electron chi connectivity index (χ1n) is 12.5. The minimum Gasteiger partial charge on any atom is -0.486 e. The maximum atomic E-state index is 15.2. The molecule has 3 aromatic heterocycles. The zero-order chi connectivity index (χ0) is 27.7. The number of carbonyl (C=O) groups is 1. The van der Waals surface area contributed by atoms with Gasteiger partial charge in [-0.15, -0.1) is 0 Å². The number of nitrogens with zero attached hydrogens (tertiary/aromatic N) is 4. The van der Waals surface area contributed by atoms with Gasteiger partial charge < -0.3 is 15.0 Å². The average molecular weight is 569 g/mol. The predicted molar refractivity (Wildman–Crippen MR) is 151 cm³/mol. The van der Waals surface area contributed by atoms with Crippen LogP contribution in [0.5, 0.6) is 5.75 Å². The van der Waals surface area contributed by atoms with E-state index in [2.05, 4.69) is 25.5 Å². The highest BCUT2D eigenvalue weighted by molar-refractivity contribution is 6.35. The lowest BCUT2D eigenvalue weighted by Gasteiger charge is -2.35. The van der Waals surface area contributed by atoms with E-state index < -0.39 is 11.9 Å². The van der Waals surface area contributed by atoms with E-state index >= 15 is 4.39 Å². The summed E-state index contributed by atoms with van der Waals surface area (Å²) in [6.07, 6.45) is 5.28. The Labute approximate surface area is 235 Å². The van der Waals surface area contributed by atoms with E-state index in [1.54, 1.807) is 35.2 Å². The quantitative estimate of drug-likeness (QED) is 0.292. The third kappa shape index (κ3) is 5.90. The molecule has 1 aliphatic heterocycles. The summed E-state index contributed by atoms with van der Waals surface area (Å²) in [5.41, 5.74) is 2.27. The summed E-state index contributed by atoms with van der Waals surface area (Å²) in [6, 6.07) is 8.82. The van der Waals surface area contributed by atoms with Gasteiger partial charge in [-0.1, -0.05) is 23.2 Å². The fourth-order valence-electron chi connectivity index (χ4n) is 4.79. The Kier molecular flexibility index (Phi) is 7.83. The van der Waals surface area contributed by atoms with E-state index in [9.17, 15) is 4.79 Å². The number of benzene rings is 1. The second-order valence-electron chi connectivity index (χ2n) is 9.70.